The predicted octanol–water partition coefficient (Wildman–Crippen LogP) is 1.95. The molecule has 0 aromatic carbocycles. The molecule has 9 heteroatoms. The minimum atomic E-state index is -4.20. The van der Waals surface area contributed by atoms with Crippen LogP contribution in [0.25, 0.3) is 0 Å². The molecule has 0 radical (unpaired) electrons. The second kappa shape index (κ2) is 6.06. The van der Waals surface area contributed by atoms with Crippen molar-refractivity contribution in [2.75, 3.05) is 11.9 Å². The molecule has 0 aliphatic rings. The molecule has 1 N–H and O–H groups in total. The molecular weight excluding hydrogens is 334 g/mol. The SMILES string of the molecule is C#CCn1ncc(NCC(F)(F)C(F)F)c(Br)c1=O. The topological polar surface area (TPSA) is 46.9 Å². The van der Waals surface area contributed by atoms with E-state index in [-0.39, 0.29) is 16.7 Å². The van der Waals surface area contributed by atoms with Crippen molar-refractivity contribution in [2.24, 2.45) is 0 Å². The molecule has 0 aliphatic carbocycles. The highest BCUT2D eigenvalue weighted by Crippen LogP contribution is 2.24. The molecule has 4 nitrogen and oxygen atoms in total. The number of nitrogens with zero attached hydrogens (tertiary/aromatic N) is 2. The minimum absolute atomic E-state index is 0.0924. The van der Waals surface area contributed by atoms with Gasteiger partial charge in [-0.05, 0) is 15.9 Å². The molecule has 0 spiro atoms. The molecular formula is C10H8BrF4N3O. The summed E-state index contributed by atoms with van der Waals surface area (Å²) in [5.41, 5.74) is -0.762. The first-order chi connectivity index (χ1) is 8.79. The maximum atomic E-state index is 12.7. The van der Waals surface area contributed by atoms with Gasteiger partial charge in [0, 0.05) is 0 Å². The Morgan fingerprint density at radius 3 is 2.74 bits per heavy atom. The van der Waals surface area contributed by atoms with Crippen molar-refractivity contribution in [3.8, 4) is 12.3 Å². The van der Waals surface area contributed by atoms with E-state index in [4.69, 9.17) is 6.42 Å². The van der Waals surface area contributed by atoms with Crippen molar-refractivity contribution in [3.05, 3.63) is 21.0 Å². The van der Waals surface area contributed by atoms with E-state index in [1.165, 1.54) is 0 Å². The zero-order chi connectivity index (χ0) is 14.6. The molecule has 0 fully saturated rings. The zero-order valence-electron chi connectivity index (χ0n) is 9.34. The fourth-order valence-corrected chi connectivity index (χ4v) is 1.52. The average Bonchev–Trinajstić information content (AvgIpc) is 2.34. The van der Waals surface area contributed by atoms with Crippen LogP contribution in [-0.4, -0.2) is 28.7 Å². The van der Waals surface area contributed by atoms with E-state index in [2.05, 4.69) is 26.9 Å². The summed E-state index contributed by atoms with van der Waals surface area (Å²) in [6, 6.07) is 0. The number of nitrogens with one attached hydrogen (secondary N) is 1. The number of halogens is 5. The first-order valence-corrected chi connectivity index (χ1v) is 5.68. The standard InChI is InChI=1S/C10H8BrF4N3O/c1-2-3-18-8(19)7(11)6(4-17-18)16-5-10(14,15)9(12)13/h1,4,9,16H,3,5H2. The van der Waals surface area contributed by atoms with Crippen LogP contribution in [0, 0.1) is 12.3 Å². The van der Waals surface area contributed by atoms with Gasteiger partial charge in [0.25, 0.3) is 5.56 Å². The molecule has 0 bridgehead atoms. The second-order valence-electron chi connectivity index (χ2n) is 3.45. The quantitative estimate of drug-likeness (QED) is 0.657. The number of rotatable bonds is 5. The van der Waals surface area contributed by atoms with Crippen molar-refractivity contribution >= 4 is 21.6 Å². The molecule has 104 valence electrons. The maximum Gasteiger partial charge on any atom is 0.324 e. The summed E-state index contributed by atoms with van der Waals surface area (Å²) in [7, 11) is 0. The Hall–Kier alpha value is -1.56. The van der Waals surface area contributed by atoms with Crippen LogP contribution in [0.4, 0.5) is 23.2 Å². The third kappa shape index (κ3) is 3.70. The van der Waals surface area contributed by atoms with Crippen molar-refractivity contribution in [1.29, 1.82) is 0 Å². The lowest BCUT2D eigenvalue weighted by Crippen LogP contribution is -2.35. The van der Waals surface area contributed by atoms with Gasteiger partial charge < -0.3 is 5.32 Å². The Morgan fingerprint density at radius 2 is 2.21 bits per heavy atom. The van der Waals surface area contributed by atoms with Gasteiger partial charge in [-0.3, -0.25) is 4.79 Å². The molecule has 0 aliphatic heterocycles. The van der Waals surface area contributed by atoms with E-state index >= 15 is 0 Å². The highest BCUT2D eigenvalue weighted by atomic mass is 79.9. The highest BCUT2D eigenvalue weighted by molar-refractivity contribution is 9.10. The van der Waals surface area contributed by atoms with Gasteiger partial charge in [0.1, 0.15) is 11.0 Å². The Kier molecular flexibility index (Phi) is 4.94. The first-order valence-electron chi connectivity index (χ1n) is 4.88. The van der Waals surface area contributed by atoms with E-state index < -0.39 is 24.5 Å². The van der Waals surface area contributed by atoms with Crippen LogP contribution >= 0.6 is 15.9 Å². The molecule has 0 amide bonds. The van der Waals surface area contributed by atoms with Crippen molar-refractivity contribution < 1.29 is 17.6 Å². The molecule has 1 aromatic heterocycles. The number of alkyl halides is 4. The van der Waals surface area contributed by atoms with E-state index in [1.54, 1.807) is 0 Å². The summed E-state index contributed by atoms with van der Waals surface area (Å²) < 4.78 is 50.1. The lowest BCUT2D eigenvalue weighted by Gasteiger charge is -2.17. The third-order valence-electron chi connectivity index (χ3n) is 2.06. The van der Waals surface area contributed by atoms with Crippen LogP contribution in [0.15, 0.2) is 15.5 Å². The van der Waals surface area contributed by atoms with E-state index in [1.807, 2.05) is 5.32 Å². The van der Waals surface area contributed by atoms with E-state index in [0.717, 1.165) is 10.9 Å². The fourth-order valence-electron chi connectivity index (χ4n) is 1.08. The fraction of sp³-hybridized carbons (Fsp3) is 0.400. The summed E-state index contributed by atoms with van der Waals surface area (Å²) in [5.74, 6) is -2.02. The number of terminal acetylenes is 1. The van der Waals surface area contributed by atoms with E-state index in [9.17, 15) is 22.4 Å². The van der Waals surface area contributed by atoms with Crippen LogP contribution in [0.5, 0.6) is 0 Å². The largest absolute Gasteiger partial charge is 0.376 e. The Morgan fingerprint density at radius 1 is 1.58 bits per heavy atom. The van der Waals surface area contributed by atoms with Crippen LogP contribution in [0.1, 0.15) is 0 Å². The number of hydrogen-bond acceptors (Lipinski definition) is 3. The molecule has 0 saturated carbocycles. The van der Waals surface area contributed by atoms with Crippen molar-refractivity contribution in [2.45, 2.75) is 18.9 Å². The van der Waals surface area contributed by atoms with Gasteiger partial charge >= 0.3 is 12.3 Å². The summed E-state index contributed by atoms with van der Waals surface area (Å²) in [4.78, 5) is 11.6. The third-order valence-corrected chi connectivity index (χ3v) is 2.83. The monoisotopic (exact) mass is 341 g/mol. The van der Waals surface area contributed by atoms with Crippen LogP contribution in [-0.2, 0) is 6.54 Å². The van der Waals surface area contributed by atoms with Gasteiger partial charge in [0.2, 0.25) is 0 Å². The predicted molar refractivity (Wildman–Crippen MR) is 64.5 cm³/mol. The summed E-state index contributed by atoms with van der Waals surface area (Å²) in [6.07, 6.45) is 2.25. The van der Waals surface area contributed by atoms with Gasteiger partial charge in [-0.1, -0.05) is 5.92 Å². The molecule has 0 saturated heterocycles. The Bertz CT molecular complexity index is 553. The smallest absolute Gasteiger partial charge is 0.324 e. The van der Waals surface area contributed by atoms with Gasteiger partial charge in [0.05, 0.1) is 18.4 Å². The first kappa shape index (κ1) is 15.5. The molecule has 1 heterocycles. The molecule has 19 heavy (non-hydrogen) atoms. The zero-order valence-corrected chi connectivity index (χ0v) is 10.9. The maximum absolute atomic E-state index is 12.7. The molecule has 1 aromatic rings. The average molecular weight is 342 g/mol. The molecule has 0 atom stereocenters. The van der Waals surface area contributed by atoms with Crippen LogP contribution in [0.2, 0.25) is 0 Å². The normalized spacial score (nSPS) is 11.4. The number of anilines is 1. The lowest BCUT2D eigenvalue weighted by atomic mass is 10.3. The summed E-state index contributed by atoms with van der Waals surface area (Å²) in [5, 5.41) is 5.65. The van der Waals surface area contributed by atoms with Gasteiger partial charge in [-0.2, -0.15) is 13.9 Å². The van der Waals surface area contributed by atoms with Crippen LogP contribution < -0.4 is 10.9 Å². The van der Waals surface area contributed by atoms with Crippen molar-refractivity contribution in [1.82, 2.24) is 9.78 Å². The van der Waals surface area contributed by atoms with Gasteiger partial charge in [-0.15, -0.1) is 6.42 Å². The molecule has 1 rings (SSSR count). The van der Waals surface area contributed by atoms with Gasteiger partial charge in [-0.25, -0.2) is 13.5 Å². The van der Waals surface area contributed by atoms with E-state index in [0.29, 0.717) is 0 Å². The summed E-state index contributed by atoms with van der Waals surface area (Å²) >= 11 is 2.87. The van der Waals surface area contributed by atoms with Gasteiger partial charge in [0.15, 0.2) is 0 Å². The summed E-state index contributed by atoms with van der Waals surface area (Å²) in [6.45, 7) is -1.41. The minimum Gasteiger partial charge on any atom is -0.376 e. The molecule has 0 unspecified atom stereocenters. The number of hydrogen-bond donors (Lipinski definition) is 1. The Labute approximate surface area is 113 Å². The van der Waals surface area contributed by atoms with Crippen LogP contribution in [0.3, 0.4) is 0 Å². The second-order valence-corrected chi connectivity index (χ2v) is 4.25. The van der Waals surface area contributed by atoms with Crippen molar-refractivity contribution in [3.63, 3.8) is 0 Å². The highest BCUT2D eigenvalue weighted by Gasteiger charge is 2.40. The Balaban J connectivity index is 2.91. The lowest BCUT2D eigenvalue weighted by molar-refractivity contribution is -0.117. The number of aromatic nitrogens is 2.